The number of aryl methyl sites for hydroxylation is 2. The van der Waals surface area contributed by atoms with E-state index in [0.717, 1.165) is 32.7 Å². The molecule has 3 heterocycles. The van der Waals surface area contributed by atoms with Crippen molar-refractivity contribution in [1.82, 2.24) is 28.9 Å². The highest BCUT2D eigenvalue weighted by Gasteiger charge is 2.21. The van der Waals surface area contributed by atoms with E-state index in [9.17, 15) is 19.2 Å². The van der Waals surface area contributed by atoms with Crippen LogP contribution < -0.4 is 21.8 Å². The number of carboxylic acid groups (broad SMARTS) is 1. The minimum atomic E-state index is -0.997. The van der Waals surface area contributed by atoms with E-state index in [2.05, 4.69) is 64.3 Å². The number of rotatable bonds is 7. The SMILES string of the molecule is CCN1CCN(C(=O)c2ccc(Nc3nc(Br)cn(C)c3=O)cc2)CC1.Cn1cc(Br)nc(Nc2ccc(C(=O)O)cc2)c1=O. The zero-order valence-corrected chi connectivity index (χ0v) is 28.0. The van der Waals surface area contributed by atoms with E-state index in [1.165, 1.54) is 21.3 Å². The molecule has 13 nitrogen and oxygen atoms in total. The van der Waals surface area contributed by atoms with Gasteiger partial charge in [-0.25, -0.2) is 14.8 Å². The Labute approximate surface area is 275 Å². The van der Waals surface area contributed by atoms with E-state index in [1.807, 2.05) is 4.90 Å². The zero-order chi connectivity index (χ0) is 32.7. The first-order chi connectivity index (χ1) is 21.4. The van der Waals surface area contributed by atoms with Crippen LogP contribution in [0.25, 0.3) is 0 Å². The van der Waals surface area contributed by atoms with Crippen molar-refractivity contribution in [3.05, 3.63) is 102 Å². The molecule has 2 aromatic carbocycles. The number of amides is 1. The number of carbonyl (C=O) groups excluding carboxylic acids is 1. The maximum Gasteiger partial charge on any atom is 0.335 e. The summed E-state index contributed by atoms with van der Waals surface area (Å²) in [6, 6.07) is 13.2. The summed E-state index contributed by atoms with van der Waals surface area (Å²) in [5, 5.41) is 14.6. The summed E-state index contributed by atoms with van der Waals surface area (Å²) >= 11 is 6.48. The topological polar surface area (TPSA) is 155 Å². The average Bonchev–Trinajstić information content (AvgIpc) is 3.02. The van der Waals surface area contributed by atoms with Gasteiger partial charge in [0, 0.05) is 69.6 Å². The maximum atomic E-state index is 12.6. The highest BCUT2D eigenvalue weighted by Crippen LogP contribution is 2.17. The number of nitrogens with zero attached hydrogens (tertiary/aromatic N) is 6. The van der Waals surface area contributed by atoms with Crippen LogP contribution in [0.1, 0.15) is 27.6 Å². The van der Waals surface area contributed by atoms with Crippen molar-refractivity contribution in [1.29, 1.82) is 0 Å². The predicted octanol–water partition coefficient (Wildman–Crippen LogP) is 4.05. The Kier molecular flexibility index (Phi) is 11.3. The van der Waals surface area contributed by atoms with Crippen LogP contribution in [0.4, 0.5) is 23.0 Å². The number of carbonyl (C=O) groups is 2. The lowest BCUT2D eigenvalue weighted by atomic mass is 10.1. The van der Waals surface area contributed by atoms with Gasteiger partial charge in [0.2, 0.25) is 0 Å². The molecule has 45 heavy (non-hydrogen) atoms. The Morgan fingerprint density at radius 1 is 0.756 bits per heavy atom. The molecule has 5 rings (SSSR count). The summed E-state index contributed by atoms with van der Waals surface area (Å²) in [6.45, 7) is 6.50. The van der Waals surface area contributed by atoms with E-state index in [4.69, 9.17) is 5.11 Å². The van der Waals surface area contributed by atoms with Crippen LogP contribution in [0.2, 0.25) is 0 Å². The Balaban J connectivity index is 0.000000215. The summed E-state index contributed by atoms with van der Waals surface area (Å²) in [4.78, 5) is 59.7. The van der Waals surface area contributed by atoms with Crippen molar-refractivity contribution >= 4 is 66.7 Å². The van der Waals surface area contributed by atoms with Gasteiger partial charge in [-0.1, -0.05) is 6.92 Å². The van der Waals surface area contributed by atoms with Crippen molar-refractivity contribution < 1.29 is 14.7 Å². The van der Waals surface area contributed by atoms with E-state index < -0.39 is 5.97 Å². The van der Waals surface area contributed by atoms with Gasteiger partial charge in [0.05, 0.1) is 5.56 Å². The number of hydrogen-bond donors (Lipinski definition) is 3. The molecule has 0 saturated carbocycles. The number of anilines is 4. The molecule has 0 unspecified atom stereocenters. The molecule has 0 radical (unpaired) electrons. The molecule has 1 aliphatic rings. The minimum absolute atomic E-state index is 0.0452. The molecule has 15 heteroatoms. The molecule has 1 saturated heterocycles. The number of nitrogens with one attached hydrogen (secondary N) is 2. The zero-order valence-electron chi connectivity index (χ0n) is 24.8. The second kappa shape index (κ2) is 15.1. The minimum Gasteiger partial charge on any atom is -0.478 e. The van der Waals surface area contributed by atoms with Crippen LogP contribution in [-0.4, -0.2) is 78.6 Å². The molecule has 0 spiro atoms. The molecule has 1 amide bonds. The summed E-state index contributed by atoms with van der Waals surface area (Å²) in [6.07, 6.45) is 3.16. The second-order valence-corrected chi connectivity index (χ2v) is 11.7. The van der Waals surface area contributed by atoms with Crippen LogP contribution in [0.15, 0.2) is 79.7 Å². The number of aromatic carboxylic acids is 1. The van der Waals surface area contributed by atoms with Gasteiger partial charge in [-0.3, -0.25) is 14.4 Å². The number of hydrogen-bond acceptors (Lipinski definition) is 9. The lowest BCUT2D eigenvalue weighted by molar-refractivity contribution is 0.0642. The molecule has 4 aromatic rings. The Hall–Kier alpha value is -4.34. The highest BCUT2D eigenvalue weighted by molar-refractivity contribution is 9.10. The summed E-state index contributed by atoms with van der Waals surface area (Å²) < 4.78 is 3.94. The largest absolute Gasteiger partial charge is 0.478 e. The number of halogens is 2. The third-order valence-corrected chi connectivity index (χ3v) is 7.74. The average molecular weight is 744 g/mol. The van der Waals surface area contributed by atoms with Crippen molar-refractivity contribution in [2.75, 3.05) is 43.4 Å². The fourth-order valence-electron chi connectivity index (χ4n) is 4.42. The summed E-state index contributed by atoms with van der Waals surface area (Å²) in [7, 11) is 3.29. The van der Waals surface area contributed by atoms with Gasteiger partial charge in [-0.05, 0) is 86.9 Å². The van der Waals surface area contributed by atoms with Crippen molar-refractivity contribution in [3.63, 3.8) is 0 Å². The predicted molar refractivity (Wildman–Crippen MR) is 179 cm³/mol. The van der Waals surface area contributed by atoms with E-state index in [1.54, 1.807) is 62.9 Å². The Morgan fingerprint density at radius 2 is 1.18 bits per heavy atom. The van der Waals surface area contributed by atoms with Crippen LogP contribution >= 0.6 is 31.9 Å². The molecule has 1 fully saturated rings. The first-order valence-electron chi connectivity index (χ1n) is 13.9. The number of piperazine rings is 1. The number of carboxylic acids is 1. The van der Waals surface area contributed by atoms with Crippen LogP contribution in [0.3, 0.4) is 0 Å². The van der Waals surface area contributed by atoms with Crippen LogP contribution in [0.5, 0.6) is 0 Å². The summed E-state index contributed by atoms with van der Waals surface area (Å²) in [5.74, 6) is -0.552. The quantitative estimate of drug-likeness (QED) is 0.253. The smallest absolute Gasteiger partial charge is 0.335 e. The third kappa shape index (κ3) is 8.86. The van der Waals surface area contributed by atoms with Gasteiger partial charge in [0.25, 0.3) is 17.0 Å². The van der Waals surface area contributed by atoms with Gasteiger partial charge in [-0.2, -0.15) is 0 Å². The fraction of sp³-hybridized carbons (Fsp3) is 0.267. The lowest BCUT2D eigenvalue weighted by Crippen LogP contribution is -2.48. The maximum absolute atomic E-state index is 12.6. The first kappa shape index (κ1) is 33.6. The van der Waals surface area contributed by atoms with Gasteiger partial charge in [-0.15, -0.1) is 0 Å². The molecule has 236 valence electrons. The highest BCUT2D eigenvalue weighted by atomic mass is 79.9. The standard InChI is InChI=1S/C18H22BrN5O2.C12H10BrN3O3/c1-3-23-8-10-24(11-9-23)17(25)13-4-6-14(7-5-13)20-16-18(26)22(2)12-15(19)21-16;1-16-6-9(13)15-10(11(16)17)14-8-4-2-7(3-5-8)12(18)19/h4-7,12H,3,8-11H2,1-2H3,(H,20,21);2-6H,1H3,(H,14,15)(H,18,19). The molecule has 0 atom stereocenters. The van der Waals surface area contributed by atoms with Crippen LogP contribution in [-0.2, 0) is 14.1 Å². The Morgan fingerprint density at radius 3 is 1.58 bits per heavy atom. The van der Waals surface area contributed by atoms with Gasteiger partial charge in [0.15, 0.2) is 11.6 Å². The number of benzene rings is 2. The van der Waals surface area contributed by atoms with E-state index >= 15 is 0 Å². The van der Waals surface area contributed by atoms with Gasteiger partial charge >= 0.3 is 5.97 Å². The molecule has 3 N–H and O–H groups in total. The summed E-state index contributed by atoms with van der Waals surface area (Å²) in [5.41, 5.74) is 1.64. The van der Waals surface area contributed by atoms with Crippen molar-refractivity contribution in [2.24, 2.45) is 14.1 Å². The molecule has 1 aliphatic heterocycles. The first-order valence-corrected chi connectivity index (χ1v) is 15.5. The van der Waals surface area contributed by atoms with Crippen molar-refractivity contribution in [3.8, 4) is 0 Å². The monoisotopic (exact) mass is 742 g/mol. The molecule has 2 aromatic heterocycles. The lowest BCUT2D eigenvalue weighted by Gasteiger charge is -2.34. The fourth-order valence-corrected chi connectivity index (χ4v) is 5.39. The normalized spacial score (nSPS) is 13.0. The van der Waals surface area contributed by atoms with Gasteiger partial charge < -0.3 is 34.7 Å². The second-order valence-electron chi connectivity index (χ2n) is 10.1. The molecule has 0 aliphatic carbocycles. The van der Waals surface area contributed by atoms with Crippen LogP contribution in [0, 0.1) is 0 Å². The molecular weight excluding hydrogens is 712 g/mol. The molecular formula is C30H32Br2N8O5. The number of aromatic nitrogens is 4. The van der Waals surface area contributed by atoms with E-state index in [0.29, 0.717) is 26.1 Å². The third-order valence-electron chi connectivity index (χ3n) is 6.98. The van der Waals surface area contributed by atoms with Gasteiger partial charge in [0.1, 0.15) is 9.21 Å². The Bertz CT molecular complexity index is 1780. The van der Waals surface area contributed by atoms with Crippen molar-refractivity contribution in [2.45, 2.75) is 6.92 Å². The van der Waals surface area contributed by atoms with E-state index in [-0.39, 0.29) is 34.2 Å². The molecule has 0 bridgehead atoms. The number of likely N-dealkylation sites (N-methyl/N-ethyl adjacent to an activating group) is 1.